The lowest BCUT2D eigenvalue weighted by atomic mass is 9.76. The van der Waals surface area contributed by atoms with Crippen molar-refractivity contribution in [3.8, 4) is 0 Å². The van der Waals surface area contributed by atoms with Gasteiger partial charge in [0.05, 0.1) is 29.2 Å². The van der Waals surface area contributed by atoms with Gasteiger partial charge in [-0.1, -0.05) is 43.5 Å². The molecule has 1 saturated heterocycles. The number of rotatable bonds is 6. The average molecular weight is 580 g/mol. The number of hydrogen-bond donors (Lipinski definition) is 3. The van der Waals surface area contributed by atoms with Gasteiger partial charge >= 0.3 is 0 Å². The fraction of sp³-hybridized carbons (Fsp3) is 0.400. The van der Waals surface area contributed by atoms with Gasteiger partial charge in [-0.05, 0) is 92.5 Å². The summed E-state index contributed by atoms with van der Waals surface area (Å²) < 4.78 is 15.3. The average Bonchev–Trinajstić information content (AvgIpc) is 3.78. The fourth-order valence-corrected chi connectivity index (χ4v) is 7.80. The molecule has 2 heterocycles. The van der Waals surface area contributed by atoms with Crippen LogP contribution in [0.1, 0.15) is 78.9 Å². The molecule has 7 nitrogen and oxygen atoms in total. The number of aromatic nitrogens is 2. The molecule has 43 heavy (non-hydrogen) atoms. The molecule has 2 amide bonds. The van der Waals surface area contributed by atoms with Crippen molar-refractivity contribution in [2.24, 2.45) is 11.8 Å². The molecule has 3 fully saturated rings. The van der Waals surface area contributed by atoms with E-state index >= 15 is 4.39 Å². The van der Waals surface area contributed by atoms with Crippen molar-refractivity contribution in [2.45, 2.75) is 76.4 Å². The summed E-state index contributed by atoms with van der Waals surface area (Å²) in [6.07, 6.45) is 10.0. The van der Waals surface area contributed by atoms with E-state index in [-0.39, 0.29) is 29.3 Å². The number of nitrogens with one attached hydrogen (secondary N) is 3. The standard InChI is InChI=1S/C35H38FN5O2/c1-21-6-4-10-29(36)32(21)35(43)41-31-11-5-7-23(31)19-28(34(42)39-27-16-17-30-24(18-27)20-37-40-30)33(41)22-12-14-26(15-13-22)38-25-8-2-3-9-25/h4,6,10,12-18,20,23,25,28,31,33,38H,2-3,5,7-9,11,19H2,1H3,(H,37,40)(H,39,42)/t23?,28?,31?,33-/m0/s1. The Morgan fingerprint density at radius 1 is 0.953 bits per heavy atom. The van der Waals surface area contributed by atoms with Crippen molar-refractivity contribution < 1.29 is 14.0 Å². The molecule has 4 aromatic rings. The van der Waals surface area contributed by atoms with E-state index in [0.717, 1.165) is 41.4 Å². The van der Waals surface area contributed by atoms with Gasteiger partial charge in [0.25, 0.3) is 5.91 Å². The zero-order valence-electron chi connectivity index (χ0n) is 24.5. The Morgan fingerprint density at radius 3 is 2.53 bits per heavy atom. The molecule has 2 aliphatic carbocycles. The quantitative estimate of drug-likeness (QED) is 0.222. The second-order valence-electron chi connectivity index (χ2n) is 12.6. The number of H-pyrrole nitrogens is 1. The third kappa shape index (κ3) is 5.28. The van der Waals surface area contributed by atoms with Gasteiger partial charge in [0.15, 0.2) is 0 Å². The number of fused-ring (bicyclic) bond motifs is 2. The van der Waals surface area contributed by atoms with Gasteiger partial charge < -0.3 is 15.5 Å². The molecule has 2 saturated carbocycles. The first-order valence-corrected chi connectivity index (χ1v) is 15.6. The Labute approximate surface area is 251 Å². The van der Waals surface area contributed by atoms with Gasteiger partial charge in [0, 0.05) is 28.8 Å². The van der Waals surface area contributed by atoms with Crippen LogP contribution in [0.15, 0.2) is 66.9 Å². The second kappa shape index (κ2) is 11.5. The number of piperidine rings is 1. The molecule has 1 aromatic heterocycles. The maximum Gasteiger partial charge on any atom is 0.257 e. The second-order valence-corrected chi connectivity index (χ2v) is 12.6. The Hall–Kier alpha value is -4.20. The van der Waals surface area contributed by atoms with Crippen LogP contribution < -0.4 is 10.6 Å². The maximum atomic E-state index is 15.3. The van der Waals surface area contributed by atoms with Crippen molar-refractivity contribution in [3.05, 3.63) is 89.4 Å². The smallest absolute Gasteiger partial charge is 0.257 e. The van der Waals surface area contributed by atoms with Crippen LogP contribution in [-0.4, -0.2) is 39.0 Å². The molecule has 8 heteroatoms. The largest absolute Gasteiger partial charge is 0.382 e. The molecule has 0 bridgehead atoms. The topological polar surface area (TPSA) is 90.1 Å². The lowest BCUT2D eigenvalue weighted by Gasteiger charge is -2.48. The molecule has 222 valence electrons. The van der Waals surface area contributed by atoms with Crippen LogP contribution in [0.5, 0.6) is 0 Å². The van der Waals surface area contributed by atoms with E-state index in [2.05, 4.69) is 33.0 Å². The van der Waals surface area contributed by atoms with Gasteiger partial charge in [0.2, 0.25) is 5.91 Å². The normalized spacial score (nSPS) is 23.8. The molecular formula is C35H38FN5O2. The Kier molecular flexibility index (Phi) is 7.37. The van der Waals surface area contributed by atoms with Gasteiger partial charge in [-0.3, -0.25) is 14.7 Å². The fourth-order valence-electron chi connectivity index (χ4n) is 7.80. The lowest BCUT2D eigenvalue weighted by Crippen LogP contribution is -2.54. The summed E-state index contributed by atoms with van der Waals surface area (Å²) in [7, 11) is 0. The van der Waals surface area contributed by atoms with Gasteiger partial charge in [-0.2, -0.15) is 5.10 Å². The summed E-state index contributed by atoms with van der Waals surface area (Å²) in [5.41, 5.74) is 4.23. The van der Waals surface area contributed by atoms with E-state index in [0.29, 0.717) is 23.7 Å². The van der Waals surface area contributed by atoms with Crippen LogP contribution >= 0.6 is 0 Å². The molecule has 3 N–H and O–H groups in total. The Bertz CT molecular complexity index is 1620. The third-order valence-corrected chi connectivity index (χ3v) is 9.91. The zero-order valence-corrected chi connectivity index (χ0v) is 24.5. The van der Waals surface area contributed by atoms with Crippen LogP contribution in [0.25, 0.3) is 10.9 Å². The first-order chi connectivity index (χ1) is 21.0. The van der Waals surface area contributed by atoms with Gasteiger partial charge in [-0.15, -0.1) is 0 Å². The van der Waals surface area contributed by atoms with E-state index in [4.69, 9.17) is 0 Å². The number of likely N-dealkylation sites (tertiary alicyclic amines) is 1. The molecule has 4 atom stereocenters. The first-order valence-electron chi connectivity index (χ1n) is 15.6. The van der Waals surface area contributed by atoms with Gasteiger partial charge in [-0.25, -0.2) is 4.39 Å². The molecule has 0 radical (unpaired) electrons. The summed E-state index contributed by atoms with van der Waals surface area (Å²) in [5.74, 6) is -1.29. The van der Waals surface area contributed by atoms with Crippen molar-refractivity contribution in [1.82, 2.24) is 15.1 Å². The Morgan fingerprint density at radius 2 is 1.74 bits per heavy atom. The van der Waals surface area contributed by atoms with Crippen LogP contribution in [-0.2, 0) is 4.79 Å². The number of aromatic amines is 1. The molecule has 3 unspecified atom stereocenters. The van der Waals surface area contributed by atoms with Crippen LogP contribution in [0, 0.1) is 24.6 Å². The number of carbonyl (C=O) groups is 2. The van der Waals surface area contributed by atoms with E-state index in [1.165, 1.54) is 31.7 Å². The highest BCUT2D eigenvalue weighted by Crippen LogP contribution is 2.49. The van der Waals surface area contributed by atoms with Gasteiger partial charge in [0.1, 0.15) is 5.82 Å². The number of benzene rings is 3. The minimum Gasteiger partial charge on any atom is -0.382 e. The van der Waals surface area contributed by atoms with Crippen molar-refractivity contribution in [2.75, 3.05) is 10.6 Å². The summed E-state index contributed by atoms with van der Waals surface area (Å²) >= 11 is 0. The van der Waals surface area contributed by atoms with E-state index in [9.17, 15) is 9.59 Å². The maximum absolute atomic E-state index is 15.3. The number of carbonyl (C=O) groups excluding carboxylic acids is 2. The summed E-state index contributed by atoms with van der Waals surface area (Å²) in [5, 5.41) is 14.7. The predicted octanol–water partition coefficient (Wildman–Crippen LogP) is 7.38. The summed E-state index contributed by atoms with van der Waals surface area (Å²) in [6, 6.07) is 18.6. The molecule has 3 aromatic carbocycles. The highest BCUT2D eigenvalue weighted by Gasteiger charge is 2.50. The van der Waals surface area contributed by atoms with Crippen LogP contribution in [0.4, 0.5) is 15.8 Å². The number of aryl methyl sites for hydroxylation is 1. The van der Waals surface area contributed by atoms with Crippen LogP contribution in [0.3, 0.4) is 0 Å². The predicted molar refractivity (Wildman–Crippen MR) is 166 cm³/mol. The number of amides is 2. The molecule has 1 aliphatic heterocycles. The number of anilines is 2. The lowest BCUT2D eigenvalue weighted by molar-refractivity contribution is -0.125. The minimum absolute atomic E-state index is 0.0425. The Balaban J connectivity index is 1.27. The molecule has 7 rings (SSSR count). The van der Waals surface area contributed by atoms with E-state index in [1.54, 1.807) is 25.3 Å². The molecule has 3 aliphatic rings. The highest BCUT2D eigenvalue weighted by molar-refractivity contribution is 5.99. The number of hydrogen-bond acceptors (Lipinski definition) is 4. The van der Waals surface area contributed by atoms with E-state index < -0.39 is 17.8 Å². The monoisotopic (exact) mass is 579 g/mol. The number of nitrogens with zero attached hydrogens (tertiary/aromatic N) is 2. The summed E-state index contributed by atoms with van der Waals surface area (Å²) in [4.78, 5) is 30.5. The van der Waals surface area contributed by atoms with Crippen molar-refractivity contribution >= 4 is 34.1 Å². The number of halogens is 1. The van der Waals surface area contributed by atoms with Crippen molar-refractivity contribution in [3.63, 3.8) is 0 Å². The third-order valence-electron chi connectivity index (χ3n) is 9.91. The SMILES string of the molecule is Cc1cccc(F)c1C(=O)N1C2CCCC2CC(C(=O)Nc2ccc3[nH]ncc3c2)[C@@H]1c1ccc(NC2CCCC2)cc1. The zero-order chi connectivity index (χ0) is 29.5. The summed E-state index contributed by atoms with van der Waals surface area (Å²) in [6.45, 7) is 1.78. The molecular weight excluding hydrogens is 541 g/mol. The minimum atomic E-state index is -0.524. The molecule has 0 spiro atoms. The highest BCUT2D eigenvalue weighted by atomic mass is 19.1. The first kappa shape index (κ1) is 27.6. The van der Waals surface area contributed by atoms with E-state index in [1.807, 2.05) is 35.2 Å². The van der Waals surface area contributed by atoms with Crippen LogP contribution in [0.2, 0.25) is 0 Å². The van der Waals surface area contributed by atoms with Crippen molar-refractivity contribution in [1.29, 1.82) is 0 Å².